The first-order valence-electron chi connectivity index (χ1n) is 12.8. The van der Waals surface area contributed by atoms with Crippen molar-refractivity contribution in [1.29, 1.82) is 0 Å². The molecule has 9 nitrogen and oxygen atoms in total. The van der Waals surface area contributed by atoms with E-state index in [2.05, 4.69) is 33.6 Å². The number of aromatic amines is 1. The molecule has 2 aromatic carbocycles. The largest absolute Gasteiger partial charge is 0.494 e. The average Bonchev–Trinajstić information content (AvgIpc) is 3.52. The molecule has 4 aromatic rings. The molecule has 0 aliphatic carbocycles. The van der Waals surface area contributed by atoms with Gasteiger partial charge in [0.1, 0.15) is 23.6 Å². The zero-order valence-electron chi connectivity index (χ0n) is 22.0. The number of H-pyrrole nitrogens is 1. The molecule has 196 valence electrons. The molecule has 37 heavy (non-hydrogen) atoms. The van der Waals surface area contributed by atoms with Gasteiger partial charge in [0.05, 0.1) is 13.2 Å². The molecule has 0 aliphatic heterocycles. The van der Waals surface area contributed by atoms with Crippen LogP contribution in [0, 0.1) is 0 Å². The fourth-order valence-electron chi connectivity index (χ4n) is 4.17. The van der Waals surface area contributed by atoms with Crippen molar-refractivity contribution < 1.29 is 19.0 Å². The third kappa shape index (κ3) is 7.09. The van der Waals surface area contributed by atoms with Crippen molar-refractivity contribution in [2.45, 2.75) is 65.5 Å². The number of esters is 1. The van der Waals surface area contributed by atoms with Crippen LogP contribution in [0.1, 0.15) is 52.5 Å². The molecular weight excluding hydrogens is 470 g/mol. The van der Waals surface area contributed by atoms with E-state index in [0.29, 0.717) is 19.0 Å². The van der Waals surface area contributed by atoms with Crippen molar-refractivity contribution in [2.24, 2.45) is 0 Å². The molecule has 1 N–H and O–H groups in total. The van der Waals surface area contributed by atoms with Crippen LogP contribution in [0.5, 0.6) is 11.5 Å². The Morgan fingerprint density at radius 2 is 1.76 bits per heavy atom. The zero-order chi connectivity index (χ0) is 26.3. The van der Waals surface area contributed by atoms with E-state index in [1.54, 1.807) is 0 Å². The van der Waals surface area contributed by atoms with E-state index in [4.69, 9.17) is 14.2 Å². The lowest BCUT2D eigenvalue weighted by Crippen LogP contribution is -2.26. The lowest BCUT2D eigenvalue weighted by molar-refractivity contribution is -0.155. The summed E-state index contributed by atoms with van der Waals surface area (Å²) >= 11 is 0. The lowest BCUT2D eigenvalue weighted by Gasteiger charge is -2.20. The number of hydrogen-bond donors (Lipinski definition) is 1. The van der Waals surface area contributed by atoms with Gasteiger partial charge < -0.3 is 18.8 Å². The third-order valence-electron chi connectivity index (χ3n) is 5.76. The Hall–Kier alpha value is -3.88. The zero-order valence-corrected chi connectivity index (χ0v) is 22.0. The van der Waals surface area contributed by atoms with E-state index >= 15 is 0 Å². The highest BCUT2D eigenvalue weighted by molar-refractivity contribution is 5.87. The quantitative estimate of drug-likeness (QED) is 0.204. The van der Waals surface area contributed by atoms with Crippen molar-refractivity contribution in [3.63, 3.8) is 0 Å². The summed E-state index contributed by atoms with van der Waals surface area (Å²) in [6.07, 6.45) is 5.62. The highest BCUT2D eigenvalue weighted by atomic mass is 16.6. The molecule has 0 saturated heterocycles. The van der Waals surface area contributed by atoms with Crippen LogP contribution in [-0.4, -0.2) is 50.0 Å². The molecule has 0 spiro atoms. The van der Waals surface area contributed by atoms with Gasteiger partial charge in [-0.3, -0.25) is 4.79 Å². The summed E-state index contributed by atoms with van der Waals surface area (Å²) in [4.78, 5) is 12.3. The number of benzene rings is 2. The van der Waals surface area contributed by atoms with Gasteiger partial charge in [-0.05, 0) is 87.7 Å². The second-order valence-corrected chi connectivity index (χ2v) is 9.92. The number of aryl methyl sites for hydroxylation is 1. The van der Waals surface area contributed by atoms with Gasteiger partial charge in [-0.25, -0.2) is 0 Å². The van der Waals surface area contributed by atoms with E-state index in [-0.39, 0.29) is 12.5 Å². The predicted molar refractivity (Wildman–Crippen MR) is 142 cm³/mol. The maximum Gasteiger partial charge on any atom is 0.326 e. The standard InChI is InChI=1S/C28H35N5O4/c1-5-8-23-22-15-16-33(19-26(34)37-28(2,3)4)24(22)13-14-25(23)36-18-7-6-17-35-21-11-9-20(10-12-21)27-29-31-32-30-27/h9-16H,5-8,17-19H2,1-4H3,(H,29,30,31,32). The second kappa shape index (κ2) is 11.9. The summed E-state index contributed by atoms with van der Waals surface area (Å²) in [5, 5.41) is 15.1. The normalized spacial score (nSPS) is 11.6. The van der Waals surface area contributed by atoms with Crippen LogP contribution < -0.4 is 9.47 Å². The van der Waals surface area contributed by atoms with Crippen LogP contribution in [0.3, 0.4) is 0 Å². The number of aromatic nitrogens is 5. The highest BCUT2D eigenvalue weighted by Crippen LogP contribution is 2.31. The molecule has 0 fully saturated rings. The number of ether oxygens (including phenoxy) is 3. The summed E-state index contributed by atoms with van der Waals surface area (Å²) in [6, 6.07) is 13.7. The number of rotatable bonds is 12. The molecule has 2 heterocycles. The van der Waals surface area contributed by atoms with Gasteiger partial charge in [0, 0.05) is 28.2 Å². The van der Waals surface area contributed by atoms with Crippen molar-refractivity contribution in [3.05, 3.63) is 54.2 Å². The smallest absolute Gasteiger partial charge is 0.326 e. The molecule has 0 radical (unpaired) electrons. The van der Waals surface area contributed by atoms with Crippen molar-refractivity contribution >= 4 is 16.9 Å². The molecule has 4 rings (SSSR count). The fourth-order valence-corrected chi connectivity index (χ4v) is 4.17. The molecule has 0 bridgehead atoms. The summed E-state index contributed by atoms with van der Waals surface area (Å²) in [5.74, 6) is 2.03. The third-order valence-corrected chi connectivity index (χ3v) is 5.76. The molecule has 9 heteroatoms. The lowest BCUT2D eigenvalue weighted by atomic mass is 10.0. The van der Waals surface area contributed by atoms with Gasteiger partial charge >= 0.3 is 5.97 Å². The van der Waals surface area contributed by atoms with Gasteiger partial charge in [-0.1, -0.05) is 13.3 Å². The van der Waals surface area contributed by atoms with Gasteiger partial charge in [0.2, 0.25) is 5.82 Å². The number of hydrogen-bond acceptors (Lipinski definition) is 7. The Morgan fingerprint density at radius 1 is 1.00 bits per heavy atom. The van der Waals surface area contributed by atoms with E-state index < -0.39 is 5.60 Å². The van der Waals surface area contributed by atoms with Crippen LogP contribution in [0.15, 0.2) is 48.7 Å². The Labute approximate surface area is 217 Å². The molecule has 0 aliphatic rings. The minimum Gasteiger partial charge on any atom is -0.494 e. The van der Waals surface area contributed by atoms with E-state index in [0.717, 1.165) is 53.6 Å². The second-order valence-electron chi connectivity index (χ2n) is 9.92. The van der Waals surface area contributed by atoms with Crippen LogP contribution in [0.2, 0.25) is 0 Å². The van der Waals surface area contributed by atoms with Gasteiger partial charge in [0.15, 0.2) is 0 Å². The maximum atomic E-state index is 12.3. The molecule has 0 unspecified atom stereocenters. The van der Waals surface area contributed by atoms with Crippen molar-refractivity contribution in [1.82, 2.24) is 25.2 Å². The van der Waals surface area contributed by atoms with Crippen LogP contribution in [-0.2, 0) is 22.5 Å². The minimum atomic E-state index is -0.500. The van der Waals surface area contributed by atoms with Gasteiger partial charge in [-0.2, -0.15) is 5.21 Å². The summed E-state index contributed by atoms with van der Waals surface area (Å²) in [5.41, 5.74) is 2.58. The Kier molecular flexibility index (Phi) is 8.43. The fraction of sp³-hybridized carbons (Fsp3) is 0.429. The van der Waals surface area contributed by atoms with Crippen LogP contribution in [0.25, 0.3) is 22.3 Å². The topological polar surface area (TPSA) is 104 Å². The Balaban J connectivity index is 1.28. The van der Waals surface area contributed by atoms with E-state index in [1.807, 2.05) is 67.9 Å². The molecule has 2 aromatic heterocycles. The SMILES string of the molecule is CCCc1c(OCCCCOc2ccc(-c3nn[nH]n3)cc2)ccc2c1ccn2CC(=O)OC(C)(C)C. The number of nitrogens with one attached hydrogen (secondary N) is 1. The Morgan fingerprint density at radius 3 is 2.43 bits per heavy atom. The summed E-state index contributed by atoms with van der Waals surface area (Å²) in [7, 11) is 0. The van der Waals surface area contributed by atoms with Gasteiger partial charge in [0.25, 0.3) is 0 Å². The Bertz CT molecular complexity index is 1290. The average molecular weight is 506 g/mol. The minimum absolute atomic E-state index is 0.187. The van der Waals surface area contributed by atoms with Crippen molar-refractivity contribution in [3.8, 4) is 22.9 Å². The first kappa shape index (κ1) is 26.2. The summed E-state index contributed by atoms with van der Waals surface area (Å²) in [6.45, 7) is 9.21. The first-order chi connectivity index (χ1) is 17.8. The summed E-state index contributed by atoms with van der Waals surface area (Å²) < 4.78 is 19.5. The van der Waals surface area contributed by atoms with Crippen molar-refractivity contribution in [2.75, 3.05) is 13.2 Å². The van der Waals surface area contributed by atoms with Gasteiger partial charge in [-0.15, -0.1) is 10.2 Å². The monoisotopic (exact) mass is 505 g/mol. The number of unbranched alkanes of at least 4 members (excludes halogenated alkanes) is 1. The van der Waals surface area contributed by atoms with E-state index in [1.165, 1.54) is 5.56 Å². The molecule has 0 amide bonds. The maximum absolute atomic E-state index is 12.3. The number of carbonyl (C=O) groups excluding carboxylic acids is 1. The molecular formula is C28H35N5O4. The number of tetrazole rings is 1. The molecule has 0 atom stereocenters. The predicted octanol–water partition coefficient (Wildman–Crippen LogP) is 5.35. The van der Waals surface area contributed by atoms with Crippen LogP contribution >= 0.6 is 0 Å². The van der Waals surface area contributed by atoms with Crippen LogP contribution in [0.4, 0.5) is 0 Å². The number of fused-ring (bicyclic) bond motifs is 1. The highest BCUT2D eigenvalue weighted by Gasteiger charge is 2.18. The molecule has 0 saturated carbocycles. The first-order valence-corrected chi connectivity index (χ1v) is 12.8. The number of carbonyl (C=O) groups is 1. The van der Waals surface area contributed by atoms with E-state index in [9.17, 15) is 4.79 Å². The number of nitrogens with zero attached hydrogens (tertiary/aromatic N) is 4.